The number of nitrogens with zero attached hydrogens (tertiary/aromatic N) is 2. The first-order chi connectivity index (χ1) is 10.3. The van der Waals surface area contributed by atoms with Crippen LogP contribution in [0, 0.1) is 18.8 Å². The van der Waals surface area contributed by atoms with Crippen molar-refractivity contribution >= 4 is 5.91 Å². The molecular formula is C16H24N4O2. The minimum atomic E-state index is -0.322. The molecule has 2 N–H and O–H groups in total. The van der Waals surface area contributed by atoms with Crippen molar-refractivity contribution in [2.75, 3.05) is 26.2 Å². The number of H-pyrrole nitrogens is 1. The maximum absolute atomic E-state index is 12.7. The zero-order valence-electron chi connectivity index (χ0n) is 13.7. The molecule has 0 spiro atoms. The van der Waals surface area contributed by atoms with Crippen LogP contribution in [0.15, 0.2) is 4.79 Å². The summed E-state index contributed by atoms with van der Waals surface area (Å²) in [6.45, 7) is 11.1. The van der Waals surface area contributed by atoms with Crippen LogP contribution in [0.2, 0.25) is 0 Å². The van der Waals surface area contributed by atoms with Crippen molar-refractivity contribution in [3.63, 3.8) is 0 Å². The number of likely N-dealkylation sites (tertiary alicyclic amines) is 1. The first-order valence-electron chi connectivity index (χ1n) is 7.88. The highest BCUT2D eigenvalue weighted by molar-refractivity contribution is 5.95. The van der Waals surface area contributed by atoms with E-state index in [1.165, 1.54) is 0 Å². The number of amides is 1. The van der Waals surface area contributed by atoms with Crippen LogP contribution in [0.25, 0.3) is 0 Å². The summed E-state index contributed by atoms with van der Waals surface area (Å²) in [5.74, 6) is 1.48. The average molecular weight is 304 g/mol. The van der Waals surface area contributed by atoms with Crippen LogP contribution >= 0.6 is 0 Å². The fraction of sp³-hybridized carbons (Fsp3) is 0.688. The largest absolute Gasteiger partial charge is 0.338 e. The first-order valence-corrected chi connectivity index (χ1v) is 7.88. The quantitative estimate of drug-likeness (QED) is 0.799. The van der Waals surface area contributed by atoms with E-state index in [1.54, 1.807) is 6.92 Å². The second-order valence-corrected chi connectivity index (χ2v) is 7.51. The summed E-state index contributed by atoms with van der Waals surface area (Å²) in [6.07, 6.45) is 0. The van der Waals surface area contributed by atoms with E-state index in [1.807, 2.05) is 25.7 Å². The summed E-state index contributed by atoms with van der Waals surface area (Å²) in [4.78, 5) is 34.2. The van der Waals surface area contributed by atoms with Crippen molar-refractivity contribution in [3.8, 4) is 0 Å². The summed E-state index contributed by atoms with van der Waals surface area (Å²) in [5.41, 5.74) is 0.148. The average Bonchev–Trinajstić information content (AvgIpc) is 2.96. The lowest BCUT2D eigenvalue weighted by Crippen LogP contribution is -2.37. The van der Waals surface area contributed by atoms with E-state index in [2.05, 4.69) is 15.3 Å². The van der Waals surface area contributed by atoms with Crippen molar-refractivity contribution in [2.45, 2.75) is 33.1 Å². The number of carbonyl (C=O) groups excluding carboxylic acids is 1. The summed E-state index contributed by atoms with van der Waals surface area (Å²) in [5, 5.41) is 3.35. The summed E-state index contributed by atoms with van der Waals surface area (Å²) in [6, 6.07) is 0. The van der Waals surface area contributed by atoms with E-state index in [4.69, 9.17) is 0 Å². The van der Waals surface area contributed by atoms with Crippen molar-refractivity contribution in [2.24, 2.45) is 11.8 Å². The molecule has 0 saturated carbocycles. The third-order valence-electron chi connectivity index (χ3n) is 4.70. The van der Waals surface area contributed by atoms with Gasteiger partial charge in [-0.15, -0.1) is 0 Å². The highest BCUT2D eigenvalue weighted by atomic mass is 16.2. The highest BCUT2D eigenvalue weighted by Gasteiger charge is 2.39. The number of carbonyl (C=O) groups is 1. The summed E-state index contributed by atoms with van der Waals surface area (Å²) in [7, 11) is 0. The van der Waals surface area contributed by atoms with Crippen LogP contribution in [0.1, 0.15) is 42.6 Å². The van der Waals surface area contributed by atoms with E-state index in [0.717, 1.165) is 26.2 Å². The predicted molar refractivity (Wildman–Crippen MR) is 84.0 cm³/mol. The maximum Gasteiger partial charge on any atom is 0.264 e. The Morgan fingerprint density at radius 3 is 2.32 bits per heavy atom. The molecule has 1 aromatic rings. The number of fused-ring (bicyclic) bond motifs is 1. The normalized spacial score (nSPS) is 24.6. The van der Waals surface area contributed by atoms with Crippen molar-refractivity contribution in [3.05, 3.63) is 27.4 Å². The van der Waals surface area contributed by atoms with Gasteiger partial charge in [0, 0.05) is 31.6 Å². The molecule has 0 bridgehead atoms. The number of hydrogen-bond acceptors (Lipinski definition) is 4. The molecule has 2 atom stereocenters. The van der Waals surface area contributed by atoms with Gasteiger partial charge >= 0.3 is 0 Å². The van der Waals surface area contributed by atoms with Crippen LogP contribution in [-0.2, 0) is 5.41 Å². The Bertz CT molecular complexity index is 647. The van der Waals surface area contributed by atoms with Gasteiger partial charge in [0.25, 0.3) is 11.5 Å². The fourth-order valence-electron chi connectivity index (χ4n) is 3.37. The predicted octanol–water partition coefficient (Wildman–Crippen LogP) is 0.667. The van der Waals surface area contributed by atoms with Crippen molar-refractivity contribution < 1.29 is 4.79 Å². The highest BCUT2D eigenvalue weighted by Crippen LogP contribution is 2.27. The maximum atomic E-state index is 12.7. The molecule has 2 aliphatic rings. The Morgan fingerprint density at radius 1 is 1.23 bits per heavy atom. The first kappa shape index (κ1) is 15.2. The van der Waals surface area contributed by atoms with Crippen LogP contribution in [0.3, 0.4) is 0 Å². The van der Waals surface area contributed by atoms with Crippen LogP contribution < -0.4 is 10.9 Å². The summed E-state index contributed by atoms with van der Waals surface area (Å²) < 4.78 is 0. The van der Waals surface area contributed by atoms with Gasteiger partial charge in [-0.2, -0.15) is 0 Å². The smallest absolute Gasteiger partial charge is 0.264 e. The Balaban J connectivity index is 1.89. The number of hydrogen-bond donors (Lipinski definition) is 2. The molecule has 1 amide bonds. The molecular weight excluding hydrogens is 280 g/mol. The van der Waals surface area contributed by atoms with Gasteiger partial charge in [-0.05, 0) is 18.8 Å². The van der Waals surface area contributed by atoms with Gasteiger partial charge in [-0.25, -0.2) is 4.98 Å². The Labute approximate surface area is 130 Å². The Kier molecular flexibility index (Phi) is 3.59. The fourth-order valence-corrected chi connectivity index (χ4v) is 3.37. The lowest BCUT2D eigenvalue weighted by Gasteiger charge is -2.21. The topological polar surface area (TPSA) is 78.1 Å². The molecule has 6 nitrogen and oxygen atoms in total. The van der Waals surface area contributed by atoms with Crippen LogP contribution in [0.5, 0.6) is 0 Å². The molecule has 0 radical (unpaired) electrons. The monoisotopic (exact) mass is 304 g/mol. The van der Waals surface area contributed by atoms with E-state index >= 15 is 0 Å². The van der Waals surface area contributed by atoms with Gasteiger partial charge < -0.3 is 15.2 Å². The number of nitrogens with one attached hydrogen (secondary N) is 2. The third kappa shape index (κ3) is 2.56. The van der Waals surface area contributed by atoms with E-state index in [0.29, 0.717) is 23.4 Å². The molecule has 2 fully saturated rings. The van der Waals surface area contributed by atoms with Gasteiger partial charge in [0.1, 0.15) is 11.4 Å². The zero-order valence-corrected chi connectivity index (χ0v) is 13.7. The minimum absolute atomic E-state index is 0.180. The Hall–Kier alpha value is -1.69. The number of aryl methyl sites for hydroxylation is 1. The number of aromatic amines is 1. The molecule has 3 rings (SSSR count). The molecule has 120 valence electrons. The lowest BCUT2D eigenvalue weighted by molar-refractivity contribution is 0.0778. The van der Waals surface area contributed by atoms with Crippen molar-refractivity contribution in [1.29, 1.82) is 0 Å². The number of aromatic nitrogens is 2. The molecule has 6 heteroatoms. The van der Waals surface area contributed by atoms with Crippen LogP contribution in [-0.4, -0.2) is 47.0 Å². The van der Waals surface area contributed by atoms with E-state index < -0.39 is 0 Å². The molecule has 2 saturated heterocycles. The zero-order chi connectivity index (χ0) is 16.1. The number of rotatable bonds is 1. The van der Waals surface area contributed by atoms with E-state index in [9.17, 15) is 9.59 Å². The van der Waals surface area contributed by atoms with Gasteiger partial charge in [-0.1, -0.05) is 20.8 Å². The molecule has 0 aromatic carbocycles. The molecule has 1 aromatic heterocycles. The van der Waals surface area contributed by atoms with E-state index in [-0.39, 0.29) is 22.4 Å². The van der Waals surface area contributed by atoms with Crippen molar-refractivity contribution in [1.82, 2.24) is 20.2 Å². The molecule has 22 heavy (non-hydrogen) atoms. The third-order valence-corrected chi connectivity index (χ3v) is 4.70. The lowest BCUT2D eigenvalue weighted by atomic mass is 9.95. The molecule has 0 aliphatic carbocycles. The Morgan fingerprint density at radius 2 is 1.82 bits per heavy atom. The summed E-state index contributed by atoms with van der Waals surface area (Å²) >= 11 is 0. The molecule has 3 heterocycles. The minimum Gasteiger partial charge on any atom is -0.338 e. The van der Waals surface area contributed by atoms with Gasteiger partial charge in [0.05, 0.1) is 5.69 Å². The SMILES string of the molecule is Cc1nc(C(C)(C)C)[nH]c(=O)c1C(=O)N1C[C@H]2CNC[C@H]2C1. The van der Waals surface area contributed by atoms with Gasteiger partial charge in [-0.3, -0.25) is 9.59 Å². The standard InChI is InChI=1S/C16H24N4O2/c1-9-12(13(21)19-15(18-9)16(2,3)4)14(22)20-7-10-5-17-6-11(10)8-20/h10-11,17H,5-8H2,1-4H3,(H,18,19,21)/t10-,11+. The van der Waals surface area contributed by atoms with Gasteiger partial charge in [0.15, 0.2) is 0 Å². The second kappa shape index (κ2) is 5.19. The molecule has 2 aliphatic heterocycles. The van der Waals surface area contributed by atoms with Gasteiger partial charge in [0.2, 0.25) is 0 Å². The van der Waals surface area contributed by atoms with Crippen LogP contribution in [0.4, 0.5) is 0 Å². The molecule has 0 unspecified atom stereocenters. The second-order valence-electron chi connectivity index (χ2n) is 7.51.